The van der Waals surface area contributed by atoms with Crippen molar-refractivity contribution in [3.63, 3.8) is 0 Å². The van der Waals surface area contributed by atoms with Crippen LogP contribution in [0.5, 0.6) is 0 Å². The zero-order chi connectivity index (χ0) is 13.6. The third-order valence-corrected chi connectivity index (χ3v) is 4.04. The van der Waals surface area contributed by atoms with Gasteiger partial charge < -0.3 is 10.7 Å². The molecule has 0 spiro atoms. The van der Waals surface area contributed by atoms with E-state index in [0.29, 0.717) is 0 Å². The van der Waals surface area contributed by atoms with Gasteiger partial charge in [-0.3, -0.25) is 9.47 Å². The van der Waals surface area contributed by atoms with Crippen molar-refractivity contribution in [2.24, 2.45) is 11.7 Å². The SMILES string of the molecule is CN(C)n1c2c(c3ccccc31)CC(C(N)=O)CC2. The van der Waals surface area contributed by atoms with E-state index in [4.69, 9.17) is 5.73 Å². The van der Waals surface area contributed by atoms with Crippen LogP contribution in [-0.2, 0) is 17.6 Å². The maximum absolute atomic E-state index is 11.4. The summed E-state index contributed by atoms with van der Waals surface area (Å²) < 4.78 is 2.25. The highest BCUT2D eigenvalue weighted by atomic mass is 16.1. The summed E-state index contributed by atoms with van der Waals surface area (Å²) in [4.78, 5) is 11.4. The fourth-order valence-corrected chi connectivity index (χ4v) is 3.19. The molecule has 1 aliphatic rings. The van der Waals surface area contributed by atoms with Crippen LogP contribution in [0.3, 0.4) is 0 Å². The smallest absolute Gasteiger partial charge is 0.220 e. The minimum absolute atomic E-state index is 0.0195. The van der Waals surface area contributed by atoms with Crippen molar-refractivity contribution in [3.8, 4) is 0 Å². The Balaban J connectivity index is 2.22. The molecule has 19 heavy (non-hydrogen) atoms. The standard InChI is InChI=1S/C15H19N3O/c1-17(2)18-13-6-4-3-5-11(13)12-9-10(15(16)19)7-8-14(12)18/h3-6,10H,7-9H2,1-2H3,(H2,16,19). The minimum atomic E-state index is -0.174. The predicted octanol–water partition coefficient (Wildman–Crippen LogP) is 1.43. The average molecular weight is 257 g/mol. The lowest BCUT2D eigenvalue weighted by atomic mass is 9.86. The van der Waals surface area contributed by atoms with Crippen molar-refractivity contribution in [1.29, 1.82) is 0 Å². The molecule has 1 unspecified atom stereocenters. The van der Waals surface area contributed by atoms with E-state index >= 15 is 0 Å². The summed E-state index contributed by atoms with van der Waals surface area (Å²) in [7, 11) is 4.10. The highest BCUT2D eigenvalue weighted by Gasteiger charge is 2.28. The number of benzene rings is 1. The number of hydrogen-bond acceptors (Lipinski definition) is 2. The van der Waals surface area contributed by atoms with Crippen LogP contribution in [0.25, 0.3) is 10.9 Å². The maximum Gasteiger partial charge on any atom is 0.220 e. The van der Waals surface area contributed by atoms with Crippen molar-refractivity contribution >= 4 is 16.8 Å². The van der Waals surface area contributed by atoms with E-state index in [9.17, 15) is 4.79 Å². The molecule has 2 N–H and O–H groups in total. The van der Waals surface area contributed by atoms with Gasteiger partial charge in [-0.05, 0) is 30.9 Å². The highest BCUT2D eigenvalue weighted by Crippen LogP contribution is 2.34. The number of para-hydroxylation sites is 1. The Morgan fingerprint density at radius 2 is 2.11 bits per heavy atom. The average Bonchev–Trinajstić information content (AvgIpc) is 2.72. The van der Waals surface area contributed by atoms with E-state index in [2.05, 4.69) is 34.0 Å². The van der Waals surface area contributed by atoms with Crippen LogP contribution in [-0.4, -0.2) is 24.7 Å². The van der Waals surface area contributed by atoms with E-state index < -0.39 is 0 Å². The van der Waals surface area contributed by atoms with Crippen LogP contribution in [0.1, 0.15) is 17.7 Å². The Hall–Kier alpha value is -1.97. The molecule has 3 rings (SSSR count). The fourth-order valence-electron chi connectivity index (χ4n) is 3.19. The largest absolute Gasteiger partial charge is 0.369 e. The normalized spacial score (nSPS) is 18.3. The molecule has 4 heteroatoms. The van der Waals surface area contributed by atoms with Gasteiger partial charge in [0.05, 0.1) is 5.52 Å². The van der Waals surface area contributed by atoms with Crippen molar-refractivity contribution < 1.29 is 4.79 Å². The molecule has 100 valence electrons. The first-order chi connectivity index (χ1) is 9.09. The molecule has 0 bridgehead atoms. The van der Waals surface area contributed by atoms with Crippen molar-refractivity contribution in [2.45, 2.75) is 19.3 Å². The summed E-state index contributed by atoms with van der Waals surface area (Å²) in [6.45, 7) is 0. The quantitative estimate of drug-likeness (QED) is 0.885. The van der Waals surface area contributed by atoms with Crippen LogP contribution in [0.4, 0.5) is 0 Å². The lowest BCUT2D eigenvalue weighted by Crippen LogP contribution is -2.32. The van der Waals surface area contributed by atoms with Crippen LogP contribution in [0.15, 0.2) is 24.3 Å². The Labute approximate surface area is 112 Å². The van der Waals surface area contributed by atoms with Crippen LogP contribution >= 0.6 is 0 Å². The molecule has 1 aromatic heterocycles. The number of carbonyl (C=O) groups is 1. The van der Waals surface area contributed by atoms with Crippen LogP contribution < -0.4 is 10.7 Å². The molecule has 0 fully saturated rings. The third kappa shape index (κ3) is 1.79. The number of nitrogens with zero attached hydrogens (tertiary/aromatic N) is 2. The van der Waals surface area contributed by atoms with Gasteiger partial charge in [0, 0.05) is 31.1 Å². The molecule has 0 aliphatic heterocycles. The first-order valence-corrected chi connectivity index (χ1v) is 6.67. The summed E-state index contributed by atoms with van der Waals surface area (Å²) >= 11 is 0. The molecular formula is C15H19N3O. The van der Waals surface area contributed by atoms with Crippen molar-refractivity contribution in [2.75, 3.05) is 19.1 Å². The van der Waals surface area contributed by atoms with Gasteiger partial charge >= 0.3 is 0 Å². The Kier molecular flexibility index (Phi) is 2.73. The summed E-state index contributed by atoms with van der Waals surface area (Å²) in [6, 6.07) is 8.38. The molecule has 1 atom stereocenters. The second-order valence-electron chi connectivity index (χ2n) is 5.44. The van der Waals surface area contributed by atoms with E-state index in [0.717, 1.165) is 19.3 Å². The number of hydrogen-bond donors (Lipinski definition) is 1. The topological polar surface area (TPSA) is 51.3 Å². The monoisotopic (exact) mass is 257 g/mol. The van der Waals surface area contributed by atoms with Crippen molar-refractivity contribution in [1.82, 2.24) is 4.68 Å². The highest BCUT2D eigenvalue weighted by molar-refractivity contribution is 5.87. The van der Waals surface area contributed by atoms with Gasteiger partial charge in [0.1, 0.15) is 0 Å². The lowest BCUT2D eigenvalue weighted by Gasteiger charge is -2.25. The molecule has 2 aromatic rings. The molecule has 1 amide bonds. The van der Waals surface area contributed by atoms with E-state index in [1.165, 1.54) is 22.2 Å². The molecule has 4 nitrogen and oxygen atoms in total. The lowest BCUT2D eigenvalue weighted by molar-refractivity contribution is -0.122. The molecule has 0 saturated heterocycles. The first kappa shape index (κ1) is 12.1. The van der Waals surface area contributed by atoms with Crippen LogP contribution in [0, 0.1) is 5.92 Å². The predicted molar refractivity (Wildman–Crippen MR) is 76.7 cm³/mol. The molecule has 0 saturated carbocycles. The van der Waals surface area contributed by atoms with Crippen LogP contribution in [0.2, 0.25) is 0 Å². The van der Waals surface area contributed by atoms with E-state index in [1.807, 2.05) is 14.1 Å². The van der Waals surface area contributed by atoms with E-state index in [1.54, 1.807) is 0 Å². The zero-order valence-corrected chi connectivity index (χ0v) is 11.4. The first-order valence-electron chi connectivity index (χ1n) is 6.67. The van der Waals surface area contributed by atoms with Crippen molar-refractivity contribution in [3.05, 3.63) is 35.5 Å². The molecular weight excluding hydrogens is 238 g/mol. The molecule has 1 heterocycles. The number of rotatable bonds is 2. The van der Waals surface area contributed by atoms with E-state index in [-0.39, 0.29) is 11.8 Å². The Morgan fingerprint density at radius 3 is 2.79 bits per heavy atom. The van der Waals surface area contributed by atoms with Gasteiger partial charge in [-0.1, -0.05) is 18.2 Å². The van der Waals surface area contributed by atoms with Gasteiger partial charge in [0.2, 0.25) is 5.91 Å². The Bertz CT molecular complexity index is 642. The number of primary amides is 1. The number of fused-ring (bicyclic) bond motifs is 3. The number of nitrogens with two attached hydrogens (primary N) is 1. The molecule has 0 radical (unpaired) electrons. The third-order valence-electron chi connectivity index (χ3n) is 4.04. The summed E-state index contributed by atoms with van der Waals surface area (Å²) in [5.74, 6) is -0.193. The van der Waals surface area contributed by atoms with Gasteiger partial charge in [-0.2, -0.15) is 0 Å². The summed E-state index contributed by atoms with van der Waals surface area (Å²) in [6.07, 6.45) is 2.54. The summed E-state index contributed by atoms with van der Waals surface area (Å²) in [5.41, 5.74) is 9.30. The summed E-state index contributed by atoms with van der Waals surface area (Å²) in [5, 5.41) is 3.35. The number of amides is 1. The number of aromatic nitrogens is 1. The number of carbonyl (C=O) groups excluding carboxylic acids is 1. The second-order valence-corrected chi connectivity index (χ2v) is 5.44. The minimum Gasteiger partial charge on any atom is -0.369 e. The van der Waals surface area contributed by atoms with Gasteiger partial charge in [-0.25, -0.2) is 0 Å². The maximum atomic E-state index is 11.4. The van der Waals surface area contributed by atoms with Gasteiger partial charge in [0.25, 0.3) is 0 Å². The Morgan fingerprint density at radius 1 is 1.37 bits per heavy atom. The second kappa shape index (κ2) is 4.30. The van der Waals surface area contributed by atoms with Gasteiger partial charge in [0.15, 0.2) is 0 Å². The fraction of sp³-hybridized carbons (Fsp3) is 0.400. The molecule has 1 aromatic carbocycles. The zero-order valence-electron chi connectivity index (χ0n) is 11.4. The molecule has 1 aliphatic carbocycles. The van der Waals surface area contributed by atoms with Gasteiger partial charge in [-0.15, -0.1) is 0 Å².